The van der Waals surface area contributed by atoms with E-state index in [1.807, 2.05) is 13.8 Å². The number of methoxy groups -OCH3 is 1. The predicted molar refractivity (Wildman–Crippen MR) is 69.7 cm³/mol. The number of aliphatic hydroxyl groups is 1. The van der Waals surface area contributed by atoms with Gasteiger partial charge in [0.15, 0.2) is 0 Å². The molecule has 0 spiro atoms. The number of aliphatic hydroxyl groups excluding tert-OH is 1. The van der Waals surface area contributed by atoms with Crippen LogP contribution in [0.25, 0.3) is 0 Å². The van der Waals surface area contributed by atoms with E-state index in [0.29, 0.717) is 23.6 Å². The summed E-state index contributed by atoms with van der Waals surface area (Å²) in [5.74, 6) is 0.0459. The molecule has 1 atom stereocenters. The maximum atomic E-state index is 13.4. The second-order valence-corrected chi connectivity index (χ2v) is 4.32. The first-order chi connectivity index (χ1) is 9.06. The molecular weight excluding hydrogens is 247 g/mol. The minimum Gasteiger partial charge on any atom is -0.496 e. The monoisotopic (exact) mass is 264 g/mol. The summed E-state index contributed by atoms with van der Waals surface area (Å²) < 4.78 is 20.2. The van der Waals surface area contributed by atoms with Crippen molar-refractivity contribution in [1.29, 1.82) is 0 Å². The van der Waals surface area contributed by atoms with Crippen LogP contribution in [0, 0.1) is 12.7 Å². The number of ether oxygens (including phenoxy) is 1. The number of rotatable bonds is 4. The van der Waals surface area contributed by atoms with Gasteiger partial charge in [-0.25, -0.2) is 4.39 Å². The highest BCUT2D eigenvalue weighted by atomic mass is 19.1. The lowest BCUT2D eigenvalue weighted by atomic mass is 10.0. The molecule has 0 amide bonds. The Balaban J connectivity index is 2.48. The zero-order chi connectivity index (χ0) is 14.0. The summed E-state index contributed by atoms with van der Waals surface area (Å²) in [4.78, 5) is 0. The predicted octanol–water partition coefficient (Wildman–Crippen LogP) is 2.44. The topological polar surface area (TPSA) is 47.3 Å². The van der Waals surface area contributed by atoms with Crippen LogP contribution in [0.3, 0.4) is 0 Å². The summed E-state index contributed by atoms with van der Waals surface area (Å²) in [6, 6.07) is 5.88. The third-order valence-electron chi connectivity index (χ3n) is 3.00. The normalized spacial score (nSPS) is 12.5. The van der Waals surface area contributed by atoms with Crippen molar-refractivity contribution in [2.75, 3.05) is 7.11 Å². The molecule has 4 nitrogen and oxygen atoms in total. The molecule has 2 aromatic rings. The molecule has 0 fully saturated rings. The van der Waals surface area contributed by atoms with Gasteiger partial charge in [-0.2, -0.15) is 5.10 Å². The fraction of sp³-hybridized carbons (Fsp3) is 0.357. The third kappa shape index (κ3) is 2.61. The molecular formula is C14H17FN2O2. The summed E-state index contributed by atoms with van der Waals surface area (Å²) in [5, 5.41) is 14.7. The van der Waals surface area contributed by atoms with Crippen LogP contribution < -0.4 is 4.74 Å². The van der Waals surface area contributed by atoms with E-state index < -0.39 is 11.9 Å². The summed E-state index contributed by atoms with van der Waals surface area (Å²) in [5.41, 5.74) is 1.84. The third-order valence-corrected chi connectivity index (χ3v) is 3.00. The van der Waals surface area contributed by atoms with Gasteiger partial charge in [0, 0.05) is 12.1 Å². The lowest BCUT2D eigenvalue weighted by Crippen LogP contribution is -2.10. The van der Waals surface area contributed by atoms with Gasteiger partial charge in [0.05, 0.1) is 18.5 Å². The van der Waals surface area contributed by atoms with Crippen LogP contribution in [0.15, 0.2) is 24.3 Å². The van der Waals surface area contributed by atoms with E-state index in [-0.39, 0.29) is 0 Å². The highest BCUT2D eigenvalue weighted by Gasteiger charge is 2.20. The lowest BCUT2D eigenvalue weighted by Gasteiger charge is -2.16. The highest BCUT2D eigenvalue weighted by Crippen LogP contribution is 2.30. The number of aryl methyl sites for hydroxylation is 2. The summed E-state index contributed by atoms with van der Waals surface area (Å²) >= 11 is 0. The van der Waals surface area contributed by atoms with Crippen molar-refractivity contribution < 1.29 is 14.2 Å². The van der Waals surface area contributed by atoms with Crippen molar-refractivity contribution in [1.82, 2.24) is 9.78 Å². The molecule has 1 N–H and O–H groups in total. The van der Waals surface area contributed by atoms with E-state index in [0.717, 1.165) is 5.69 Å². The van der Waals surface area contributed by atoms with E-state index in [4.69, 9.17) is 4.74 Å². The molecule has 0 saturated carbocycles. The molecule has 0 aliphatic carbocycles. The Morgan fingerprint density at radius 3 is 2.79 bits per heavy atom. The Hall–Kier alpha value is -1.88. The van der Waals surface area contributed by atoms with E-state index >= 15 is 0 Å². The molecule has 5 heteroatoms. The van der Waals surface area contributed by atoms with Gasteiger partial charge in [-0.3, -0.25) is 4.68 Å². The Labute approximate surface area is 111 Å². The average Bonchev–Trinajstić information content (AvgIpc) is 2.79. The Morgan fingerprint density at radius 2 is 2.16 bits per heavy atom. The fourth-order valence-electron chi connectivity index (χ4n) is 2.12. The molecule has 1 aromatic heterocycles. The first-order valence-corrected chi connectivity index (χ1v) is 6.12. The SMILES string of the molecule is CCn1nc(C)cc1C(O)c1cc(F)ccc1OC. The summed E-state index contributed by atoms with van der Waals surface area (Å²) in [7, 11) is 1.49. The second-order valence-electron chi connectivity index (χ2n) is 4.32. The van der Waals surface area contributed by atoms with Gasteiger partial charge in [-0.05, 0) is 38.1 Å². The molecule has 2 rings (SSSR count). The molecule has 0 radical (unpaired) electrons. The number of aromatic nitrogens is 2. The zero-order valence-electron chi connectivity index (χ0n) is 11.2. The summed E-state index contributed by atoms with van der Waals surface area (Å²) in [6.45, 7) is 4.43. The number of nitrogens with zero attached hydrogens (tertiary/aromatic N) is 2. The van der Waals surface area contributed by atoms with Crippen molar-refractivity contribution in [2.24, 2.45) is 0 Å². The van der Waals surface area contributed by atoms with Gasteiger partial charge in [-0.15, -0.1) is 0 Å². The van der Waals surface area contributed by atoms with Gasteiger partial charge in [-0.1, -0.05) is 0 Å². The van der Waals surface area contributed by atoms with E-state index in [1.54, 1.807) is 10.7 Å². The lowest BCUT2D eigenvalue weighted by molar-refractivity contribution is 0.202. The molecule has 1 heterocycles. The number of benzene rings is 1. The smallest absolute Gasteiger partial charge is 0.125 e. The number of hydrogen-bond acceptors (Lipinski definition) is 3. The molecule has 0 bridgehead atoms. The highest BCUT2D eigenvalue weighted by molar-refractivity contribution is 5.39. The molecule has 0 aliphatic heterocycles. The van der Waals surface area contributed by atoms with Crippen LogP contribution in [0.4, 0.5) is 4.39 Å². The number of hydrogen-bond donors (Lipinski definition) is 1. The molecule has 1 aromatic carbocycles. The van der Waals surface area contributed by atoms with Crippen LogP contribution in [0.1, 0.15) is 30.0 Å². The fourth-order valence-corrected chi connectivity index (χ4v) is 2.12. The first kappa shape index (κ1) is 13.5. The van der Waals surface area contributed by atoms with Gasteiger partial charge < -0.3 is 9.84 Å². The van der Waals surface area contributed by atoms with Crippen LogP contribution in [-0.4, -0.2) is 22.0 Å². The summed E-state index contributed by atoms with van der Waals surface area (Å²) in [6.07, 6.45) is -0.966. The maximum absolute atomic E-state index is 13.4. The van der Waals surface area contributed by atoms with Crippen LogP contribution in [-0.2, 0) is 6.54 Å². The van der Waals surface area contributed by atoms with Gasteiger partial charge in [0.25, 0.3) is 0 Å². The Morgan fingerprint density at radius 1 is 1.42 bits per heavy atom. The number of halogens is 1. The Bertz CT molecular complexity index is 581. The molecule has 102 valence electrons. The average molecular weight is 264 g/mol. The Kier molecular flexibility index (Phi) is 3.85. The zero-order valence-corrected chi connectivity index (χ0v) is 11.2. The van der Waals surface area contributed by atoms with Gasteiger partial charge in [0.2, 0.25) is 0 Å². The van der Waals surface area contributed by atoms with E-state index in [2.05, 4.69) is 5.10 Å². The van der Waals surface area contributed by atoms with Crippen molar-refractivity contribution in [3.63, 3.8) is 0 Å². The molecule has 1 unspecified atom stereocenters. The largest absolute Gasteiger partial charge is 0.496 e. The first-order valence-electron chi connectivity index (χ1n) is 6.12. The quantitative estimate of drug-likeness (QED) is 0.922. The van der Waals surface area contributed by atoms with Crippen molar-refractivity contribution >= 4 is 0 Å². The van der Waals surface area contributed by atoms with E-state index in [1.165, 1.54) is 25.3 Å². The van der Waals surface area contributed by atoms with E-state index in [9.17, 15) is 9.50 Å². The van der Waals surface area contributed by atoms with Gasteiger partial charge >= 0.3 is 0 Å². The van der Waals surface area contributed by atoms with Gasteiger partial charge in [0.1, 0.15) is 17.7 Å². The van der Waals surface area contributed by atoms with Crippen LogP contribution in [0.5, 0.6) is 5.75 Å². The van der Waals surface area contributed by atoms with Crippen molar-refractivity contribution in [3.8, 4) is 5.75 Å². The minimum atomic E-state index is -0.966. The second kappa shape index (κ2) is 5.40. The van der Waals surface area contributed by atoms with Crippen molar-refractivity contribution in [3.05, 3.63) is 47.0 Å². The standard InChI is InChI=1S/C14H17FN2O2/c1-4-17-12(7-9(2)16-17)14(18)11-8-10(15)5-6-13(11)19-3/h5-8,14,18H,4H2,1-3H3. The molecule has 0 saturated heterocycles. The van der Waals surface area contributed by atoms with Crippen LogP contribution in [0.2, 0.25) is 0 Å². The van der Waals surface area contributed by atoms with Crippen LogP contribution >= 0.6 is 0 Å². The maximum Gasteiger partial charge on any atom is 0.125 e. The molecule has 0 aliphatic rings. The van der Waals surface area contributed by atoms with Crippen molar-refractivity contribution in [2.45, 2.75) is 26.5 Å². The molecule has 19 heavy (non-hydrogen) atoms. The minimum absolute atomic E-state index is 0.400.